The maximum Gasteiger partial charge on any atom is 0.240 e. The number of carbonyl (C=O) groups is 1. The number of hydrogen-bond donors (Lipinski definition) is 1. The number of halogens is 1. The Balaban J connectivity index is 1.80. The van der Waals surface area contributed by atoms with Gasteiger partial charge in [0.25, 0.3) is 0 Å². The Bertz CT molecular complexity index is 949. The molecule has 0 heterocycles. The summed E-state index contributed by atoms with van der Waals surface area (Å²) in [5.74, 6) is 0.782. The maximum atomic E-state index is 13.6. The topological polar surface area (TPSA) is 66.5 Å². The van der Waals surface area contributed by atoms with Gasteiger partial charge in [-0.3, -0.25) is 9.10 Å². The van der Waals surface area contributed by atoms with Crippen LogP contribution in [0.4, 0.5) is 10.1 Å². The number of nitrogens with zero attached hydrogens (tertiary/aromatic N) is 1. The first kappa shape index (κ1) is 23.2. The molecule has 0 atom stereocenters. The van der Waals surface area contributed by atoms with Crippen LogP contribution in [0.5, 0.6) is 0 Å². The average molecular weight is 439 g/mol. The van der Waals surface area contributed by atoms with Gasteiger partial charge in [0.05, 0.1) is 11.9 Å². The molecule has 0 saturated carbocycles. The van der Waals surface area contributed by atoms with Crippen LogP contribution in [0.15, 0.2) is 42.5 Å². The minimum Gasteiger partial charge on any atom is -0.354 e. The van der Waals surface area contributed by atoms with Crippen molar-refractivity contribution in [1.82, 2.24) is 5.32 Å². The molecule has 8 heteroatoms. The van der Waals surface area contributed by atoms with E-state index in [4.69, 9.17) is 0 Å². The Morgan fingerprint density at radius 2 is 1.86 bits per heavy atom. The van der Waals surface area contributed by atoms with Crippen LogP contribution in [0, 0.1) is 19.7 Å². The first-order chi connectivity index (χ1) is 13.7. The van der Waals surface area contributed by atoms with E-state index in [0.717, 1.165) is 27.4 Å². The van der Waals surface area contributed by atoms with Crippen LogP contribution >= 0.6 is 11.8 Å². The summed E-state index contributed by atoms with van der Waals surface area (Å²) in [4.78, 5) is 12.3. The number of carbonyl (C=O) groups excluding carboxylic acids is 1. The predicted octanol–water partition coefficient (Wildman–Crippen LogP) is 3.65. The van der Waals surface area contributed by atoms with Crippen LogP contribution in [0.1, 0.15) is 23.1 Å². The number of nitrogens with one attached hydrogen (secondary N) is 1. The number of benzene rings is 2. The van der Waals surface area contributed by atoms with Crippen LogP contribution in [0.2, 0.25) is 0 Å². The standard InChI is InChI=1S/C21H27FN2O3S2/c1-16-9-10-19(13-17(16)2)24(29(3,26)27)14-21(25)23-11-6-12-28-15-18-7-4-5-8-20(18)22/h4-5,7-10,13H,6,11-12,14-15H2,1-3H3,(H,23,25). The van der Waals surface area contributed by atoms with E-state index in [0.29, 0.717) is 30.0 Å². The minimum absolute atomic E-state index is 0.208. The van der Waals surface area contributed by atoms with Crippen molar-refractivity contribution in [3.63, 3.8) is 0 Å². The van der Waals surface area contributed by atoms with Crippen molar-refractivity contribution in [2.45, 2.75) is 26.0 Å². The molecule has 0 aliphatic carbocycles. The molecule has 158 valence electrons. The van der Waals surface area contributed by atoms with Crippen LogP contribution < -0.4 is 9.62 Å². The lowest BCUT2D eigenvalue weighted by Gasteiger charge is -2.22. The lowest BCUT2D eigenvalue weighted by molar-refractivity contribution is -0.119. The summed E-state index contributed by atoms with van der Waals surface area (Å²) in [6.07, 6.45) is 1.81. The molecule has 5 nitrogen and oxygen atoms in total. The monoisotopic (exact) mass is 438 g/mol. The Labute approximate surface area is 176 Å². The number of thioether (sulfide) groups is 1. The van der Waals surface area contributed by atoms with Gasteiger partial charge in [-0.2, -0.15) is 11.8 Å². The highest BCUT2D eigenvalue weighted by Crippen LogP contribution is 2.21. The lowest BCUT2D eigenvalue weighted by Crippen LogP contribution is -2.40. The van der Waals surface area contributed by atoms with Crippen molar-refractivity contribution in [3.8, 4) is 0 Å². The van der Waals surface area contributed by atoms with Gasteiger partial charge in [0.2, 0.25) is 15.9 Å². The molecule has 2 aromatic rings. The second kappa shape index (κ2) is 10.6. The van der Waals surface area contributed by atoms with E-state index in [1.807, 2.05) is 26.0 Å². The Hall–Kier alpha value is -2.06. The summed E-state index contributed by atoms with van der Waals surface area (Å²) in [6, 6.07) is 12.0. The highest BCUT2D eigenvalue weighted by atomic mass is 32.2. The van der Waals surface area contributed by atoms with Crippen LogP contribution in [-0.4, -0.2) is 39.4 Å². The zero-order valence-electron chi connectivity index (χ0n) is 16.9. The first-order valence-electron chi connectivity index (χ1n) is 9.31. The molecule has 1 amide bonds. The second-order valence-electron chi connectivity index (χ2n) is 6.89. The average Bonchev–Trinajstić information content (AvgIpc) is 2.65. The number of rotatable bonds is 10. The van der Waals surface area contributed by atoms with Gasteiger partial charge in [-0.05, 0) is 60.9 Å². The Morgan fingerprint density at radius 1 is 1.14 bits per heavy atom. The highest BCUT2D eigenvalue weighted by Gasteiger charge is 2.21. The lowest BCUT2D eigenvalue weighted by atomic mass is 10.1. The fourth-order valence-corrected chi connectivity index (χ4v) is 4.46. The van der Waals surface area contributed by atoms with E-state index in [9.17, 15) is 17.6 Å². The van der Waals surface area contributed by atoms with Gasteiger partial charge in [-0.15, -0.1) is 0 Å². The molecule has 0 fully saturated rings. The highest BCUT2D eigenvalue weighted by molar-refractivity contribution is 7.98. The summed E-state index contributed by atoms with van der Waals surface area (Å²) in [5, 5.41) is 2.76. The normalized spacial score (nSPS) is 11.3. The van der Waals surface area contributed by atoms with Gasteiger partial charge in [-0.1, -0.05) is 24.3 Å². The zero-order chi connectivity index (χ0) is 21.4. The van der Waals surface area contributed by atoms with Crippen molar-refractivity contribution >= 4 is 33.4 Å². The number of amides is 1. The molecule has 0 aromatic heterocycles. The number of aryl methyl sites for hydroxylation is 2. The van der Waals surface area contributed by atoms with E-state index in [-0.39, 0.29) is 18.3 Å². The van der Waals surface area contributed by atoms with Crippen molar-refractivity contribution in [1.29, 1.82) is 0 Å². The molecule has 2 rings (SSSR count). The Kier molecular flexibility index (Phi) is 8.52. The third-order valence-electron chi connectivity index (χ3n) is 4.47. The van der Waals surface area contributed by atoms with E-state index < -0.39 is 10.0 Å². The number of sulfonamides is 1. The summed E-state index contributed by atoms with van der Waals surface area (Å²) < 4.78 is 39.0. The van der Waals surface area contributed by atoms with E-state index in [1.54, 1.807) is 36.0 Å². The zero-order valence-corrected chi connectivity index (χ0v) is 18.6. The van der Waals surface area contributed by atoms with Crippen molar-refractivity contribution in [2.75, 3.05) is 29.4 Å². The fraction of sp³-hybridized carbons (Fsp3) is 0.381. The summed E-state index contributed by atoms with van der Waals surface area (Å²) in [7, 11) is -3.58. The molecule has 0 spiro atoms. The number of anilines is 1. The quantitative estimate of drug-likeness (QED) is 0.575. The predicted molar refractivity (Wildman–Crippen MR) is 118 cm³/mol. The van der Waals surface area contributed by atoms with Crippen molar-refractivity contribution in [3.05, 3.63) is 65.0 Å². The fourth-order valence-electron chi connectivity index (χ4n) is 2.67. The molecular formula is C21H27FN2O3S2. The first-order valence-corrected chi connectivity index (χ1v) is 12.3. The third kappa shape index (κ3) is 7.36. The molecule has 29 heavy (non-hydrogen) atoms. The van der Waals surface area contributed by atoms with Crippen LogP contribution in [0.3, 0.4) is 0 Å². The molecule has 0 aliphatic heterocycles. The van der Waals surface area contributed by atoms with Gasteiger partial charge in [-0.25, -0.2) is 12.8 Å². The Morgan fingerprint density at radius 3 is 2.52 bits per heavy atom. The van der Waals surface area contributed by atoms with E-state index >= 15 is 0 Å². The van der Waals surface area contributed by atoms with Crippen molar-refractivity contribution < 1.29 is 17.6 Å². The minimum atomic E-state index is -3.58. The molecule has 0 aliphatic rings. The molecular weight excluding hydrogens is 411 g/mol. The number of hydrogen-bond acceptors (Lipinski definition) is 4. The summed E-state index contributed by atoms with van der Waals surface area (Å²) >= 11 is 1.59. The molecule has 2 aromatic carbocycles. The second-order valence-corrected chi connectivity index (χ2v) is 9.90. The SMILES string of the molecule is Cc1ccc(N(CC(=O)NCCCSCc2ccccc2F)S(C)(=O)=O)cc1C. The third-order valence-corrected chi connectivity index (χ3v) is 6.70. The molecule has 0 unspecified atom stereocenters. The van der Waals surface area contributed by atoms with Gasteiger partial charge in [0.15, 0.2) is 0 Å². The van der Waals surface area contributed by atoms with Gasteiger partial charge in [0, 0.05) is 12.3 Å². The summed E-state index contributed by atoms with van der Waals surface area (Å²) in [5.41, 5.74) is 3.16. The van der Waals surface area contributed by atoms with E-state index in [1.165, 1.54) is 6.07 Å². The maximum absolute atomic E-state index is 13.6. The molecule has 1 N–H and O–H groups in total. The van der Waals surface area contributed by atoms with Crippen LogP contribution in [-0.2, 0) is 20.6 Å². The van der Waals surface area contributed by atoms with Gasteiger partial charge >= 0.3 is 0 Å². The largest absolute Gasteiger partial charge is 0.354 e. The van der Waals surface area contributed by atoms with Gasteiger partial charge < -0.3 is 5.32 Å². The summed E-state index contributed by atoms with van der Waals surface area (Å²) in [6.45, 7) is 4.02. The van der Waals surface area contributed by atoms with Crippen molar-refractivity contribution in [2.24, 2.45) is 0 Å². The van der Waals surface area contributed by atoms with Gasteiger partial charge in [0.1, 0.15) is 12.4 Å². The van der Waals surface area contributed by atoms with Crippen LogP contribution in [0.25, 0.3) is 0 Å². The smallest absolute Gasteiger partial charge is 0.240 e. The molecule has 0 bridgehead atoms. The molecule has 0 radical (unpaired) electrons. The molecule has 0 saturated heterocycles. The van der Waals surface area contributed by atoms with E-state index in [2.05, 4.69) is 5.32 Å².